The van der Waals surface area contributed by atoms with Gasteiger partial charge in [0.2, 0.25) is 0 Å². The Morgan fingerprint density at radius 2 is 0.821 bits per heavy atom. The number of hydrogen-bond donors (Lipinski definition) is 1. The van der Waals surface area contributed by atoms with Crippen LogP contribution in [0.4, 0.5) is 0 Å². The smallest absolute Gasteiger partial charge is 0.314 e. The molecule has 1 atom stereocenters. The van der Waals surface area contributed by atoms with Gasteiger partial charge in [-0.05, 0) is 64.2 Å². The van der Waals surface area contributed by atoms with Gasteiger partial charge in [-0.3, -0.25) is 9.59 Å². The molecule has 3 heteroatoms. The summed E-state index contributed by atoms with van der Waals surface area (Å²) in [6.07, 6.45) is 40.8. The van der Waals surface area contributed by atoms with Crippen molar-refractivity contribution < 1.29 is 14.7 Å². The van der Waals surface area contributed by atoms with Crippen LogP contribution in [-0.2, 0) is 9.59 Å². The minimum Gasteiger partial charge on any atom is -0.481 e. The van der Waals surface area contributed by atoms with E-state index in [0.29, 0.717) is 12.8 Å². The number of rotatable bonds is 31. The Kier molecular flexibility index (Phi) is 30.0. The molecule has 0 saturated carbocycles. The zero-order chi connectivity index (χ0) is 28.7. The first-order valence-electron chi connectivity index (χ1n) is 17.2. The molecule has 0 aromatic heterocycles. The van der Waals surface area contributed by atoms with Crippen LogP contribution in [0.15, 0.2) is 24.3 Å². The number of carboxylic acid groups (broad SMARTS) is 1. The monoisotopic (exact) mass is 547 g/mol. The van der Waals surface area contributed by atoms with Crippen molar-refractivity contribution in [3.8, 4) is 0 Å². The molecule has 0 saturated heterocycles. The van der Waals surface area contributed by atoms with Crippen LogP contribution in [0.3, 0.4) is 0 Å². The Labute approximate surface area is 243 Å². The quantitative estimate of drug-likeness (QED) is 0.0534. The van der Waals surface area contributed by atoms with Gasteiger partial charge in [-0.2, -0.15) is 0 Å². The highest BCUT2D eigenvalue weighted by Gasteiger charge is 2.24. The van der Waals surface area contributed by atoms with E-state index in [9.17, 15) is 14.7 Å². The Morgan fingerprint density at radius 1 is 0.487 bits per heavy atom. The maximum Gasteiger partial charge on any atom is 0.314 e. The van der Waals surface area contributed by atoms with Gasteiger partial charge in [0.25, 0.3) is 0 Å². The van der Waals surface area contributed by atoms with E-state index in [2.05, 4.69) is 38.2 Å². The third-order valence-electron chi connectivity index (χ3n) is 7.88. The molecule has 0 heterocycles. The SMILES string of the molecule is CCCCCCCC/C=C\CCCCCCCC(=O)C(CCCCCC/C=C/CCCCCCCC)C(=O)O. The van der Waals surface area contributed by atoms with E-state index >= 15 is 0 Å². The molecule has 1 unspecified atom stereocenters. The maximum absolute atomic E-state index is 12.5. The summed E-state index contributed by atoms with van der Waals surface area (Å²) in [7, 11) is 0. The summed E-state index contributed by atoms with van der Waals surface area (Å²) in [6.45, 7) is 4.52. The van der Waals surface area contributed by atoms with Gasteiger partial charge in [0, 0.05) is 6.42 Å². The predicted molar refractivity (Wildman–Crippen MR) is 170 cm³/mol. The third-order valence-corrected chi connectivity index (χ3v) is 7.88. The number of ketones is 1. The number of aliphatic carboxylic acids is 1. The van der Waals surface area contributed by atoms with E-state index in [1.807, 2.05) is 0 Å². The van der Waals surface area contributed by atoms with Gasteiger partial charge in [-0.15, -0.1) is 0 Å². The lowest BCUT2D eigenvalue weighted by Crippen LogP contribution is -2.23. The molecular weight excluding hydrogens is 480 g/mol. The average molecular weight is 547 g/mol. The molecule has 0 amide bonds. The lowest BCUT2D eigenvalue weighted by atomic mass is 9.93. The zero-order valence-corrected chi connectivity index (χ0v) is 26.2. The number of carbonyl (C=O) groups is 2. The second kappa shape index (κ2) is 31.2. The van der Waals surface area contributed by atoms with Gasteiger partial charge < -0.3 is 5.11 Å². The highest BCUT2D eigenvalue weighted by atomic mass is 16.4. The molecule has 228 valence electrons. The van der Waals surface area contributed by atoms with Crippen molar-refractivity contribution in [2.45, 2.75) is 187 Å². The highest BCUT2D eigenvalue weighted by Crippen LogP contribution is 2.17. The van der Waals surface area contributed by atoms with Gasteiger partial charge in [-0.1, -0.05) is 141 Å². The lowest BCUT2D eigenvalue weighted by molar-refractivity contribution is -0.146. The fourth-order valence-corrected chi connectivity index (χ4v) is 5.21. The van der Waals surface area contributed by atoms with Crippen LogP contribution in [0.25, 0.3) is 0 Å². The Bertz CT molecular complexity index is 592. The third kappa shape index (κ3) is 28.0. The summed E-state index contributed by atoms with van der Waals surface area (Å²) in [6, 6.07) is 0. The van der Waals surface area contributed by atoms with Crippen LogP contribution in [-0.4, -0.2) is 16.9 Å². The Hall–Kier alpha value is -1.38. The second-order valence-corrected chi connectivity index (χ2v) is 11.7. The first-order valence-corrected chi connectivity index (χ1v) is 17.2. The molecule has 0 bridgehead atoms. The Morgan fingerprint density at radius 3 is 1.21 bits per heavy atom. The van der Waals surface area contributed by atoms with Crippen LogP contribution in [0.2, 0.25) is 0 Å². The normalized spacial score (nSPS) is 12.6. The van der Waals surface area contributed by atoms with Crippen molar-refractivity contribution in [2.75, 3.05) is 0 Å². The average Bonchev–Trinajstić information content (AvgIpc) is 2.92. The molecule has 0 radical (unpaired) electrons. The molecule has 0 aromatic rings. The van der Waals surface area contributed by atoms with Gasteiger partial charge in [0.15, 0.2) is 0 Å². The van der Waals surface area contributed by atoms with Crippen LogP contribution in [0.1, 0.15) is 187 Å². The van der Waals surface area contributed by atoms with Gasteiger partial charge in [0.05, 0.1) is 0 Å². The van der Waals surface area contributed by atoms with E-state index in [4.69, 9.17) is 0 Å². The second-order valence-electron chi connectivity index (χ2n) is 11.7. The Balaban J connectivity index is 3.64. The molecule has 0 rings (SSSR count). The van der Waals surface area contributed by atoms with Crippen LogP contribution >= 0.6 is 0 Å². The van der Waals surface area contributed by atoms with E-state index in [-0.39, 0.29) is 5.78 Å². The highest BCUT2D eigenvalue weighted by molar-refractivity contribution is 5.98. The number of Topliss-reactive ketones (excluding diaryl/α,β-unsaturated/α-hetero) is 1. The summed E-state index contributed by atoms with van der Waals surface area (Å²) >= 11 is 0. The maximum atomic E-state index is 12.5. The fraction of sp³-hybridized carbons (Fsp3) is 0.833. The first-order chi connectivity index (χ1) is 19.1. The largest absolute Gasteiger partial charge is 0.481 e. The van der Waals surface area contributed by atoms with Crippen molar-refractivity contribution in [2.24, 2.45) is 5.92 Å². The number of carbonyl (C=O) groups excluding carboxylic acids is 1. The van der Waals surface area contributed by atoms with E-state index in [0.717, 1.165) is 57.8 Å². The summed E-state index contributed by atoms with van der Waals surface area (Å²) in [5.74, 6) is -1.78. The molecule has 0 aromatic carbocycles. The number of hydrogen-bond acceptors (Lipinski definition) is 2. The van der Waals surface area contributed by atoms with Gasteiger partial charge in [0.1, 0.15) is 11.7 Å². The van der Waals surface area contributed by atoms with E-state index in [1.54, 1.807) is 0 Å². The molecule has 3 nitrogen and oxygen atoms in total. The number of allylic oxidation sites excluding steroid dienone is 4. The molecule has 0 fully saturated rings. The van der Waals surface area contributed by atoms with Crippen molar-refractivity contribution in [1.29, 1.82) is 0 Å². The molecule has 0 aliphatic heterocycles. The van der Waals surface area contributed by atoms with Crippen molar-refractivity contribution in [3.05, 3.63) is 24.3 Å². The number of unbranched alkanes of at least 4 members (excludes halogenated alkanes) is 21. The first kappa shape index (κ1) is 37.6. The van der Waals surface area contributed by atoms with Crippen molar-refractivity contribution >= 4 is 11.8 Å². The standard InChI is InChI=1S/C36H66O3/c1-3-5-7-9-11-13-15-17-19-21-23-25-27-29-31-33-35(37)34(36(38)39)32-30-28-26-24-22-20-18-16-14-12-10-8-6-4-2/h17-20,34H,3-16,21-33H2,1-2H3,(H,38,39)/b19-17-,20-18+. The van der Waals surface area contributed by atoms with Crippen molar-refractivity contribution in [3.63, 3.8) is 0 Å². The topological polar surface area (TPSA) is 54.4 Å². The van der Waals surface area contributed by atoms with E-state index in [1.165, 1.54) is 103 Å². The minimum atomic E-state index is -0.926. The molecule has 1 N–H and O–H groups in total. The summed E-state index contributed by atoms with van der Waals surface area (Å²) in [5.41, 5.74) is 0. The minimum absolute atomic E-state index is 0.0576. The number of carboxylic acids is 1. The fourth-order valence-electron chi connectivity index (χ4n) is 5.21. The summed E-state index contributed by atoms with van der Waals surface area (Å²) in [4.78, 5) is 24.1. The van der Waals surface area contributed by atoms with E-state index < -0.39 is 11.9 Å². The molecule has 0 aliphatic carbocycles. The van der Waals surface area contributed by atoms with Crippen molar-refractivity contribution in [1.82, 2.24) is 0 Å². The molecule has 0 spiro atoms. The summed E-state index contributed by atoms with van der Waals surface area (Å²) < 4.78 is 0. The molecule has 0 aliphatic rings. The lowest BCUT2D eigenvalue weighted by Gasteiger charge is -2.11. The van der Waals surface area contributed by atoms with Gasteiger partial charge >= 0.3 is 5.97 Å². The van der Waals surface area contributed by atoms with Crippen LogP contribution < -0.4 is 0 Å². The molecular formula is C36H66O3. The molecule has 39 heavy (non-hydrogen) atoms. The summed E-state index contributed by atoms with van der Waals surface area (Å²) in [5, 5.41) is 9.54. The van der Waals surface area contributed by atoms with Crippen LogP contribution in [0.5, 0.6) is 0 Å². The van der Waals surface area contributed by atoms with Gasteiger partial charge in [-0.25, -0.2) is 0 Å². The van der Waals surface area contributed by atoms with Crippen LogP contribution in [0, 0.1) is 5.92 Å². The zero-order valence-electron chi connectivity index (χ0n) is 26.2. The predicted octanol–water partition coefficient (Wildman–Crippen LogP) is 11.9.